The summed E-state index contributed by atoms with van der Waals surface area (Å²) in [6.45, 7) is 2.71. The Hall–Kier alpha value is -3.13. The smallest absolute Gasteiger partial charge is 0.385 e. The van der Waals surface area contributed by atoms with Crippen LogP contribution in [0.25, 0.3) is 0 Å². The Morgan fingerprint density at radius 1 is 1.43 bits per heavy atom. The molecule has 1 fully saturated rings. The zero-order valence-corrected chi connectivity index (χ0v) is 16.1. The Morgan fingerprint density at radius 2 is 2.07 bits per heavy atom. The van der Waals surface area contributed by atoms with Crippen LogP contribution < -0.4 is 16.0 Å². The number of halogens is 3. The minimum Gasteiger partial charge on any atom is -0.385 e. The monoisotopic (exact) mass is 422 g/mol. The average molecular weight is 422 g/mol. The molecule has 0 aromatic carbocycles. The van der Waals surface area contributed by atoms with Crippen LogP contribution in [0.15, 0.2) is 23.7 Å². The third-order valence-corrected chi connectivity index (χ3v) is 5.52. The van der Waals surface area contributed by atoms with Crippen molar-refractivity contribution in [1.29, 1.82) is 10.7 Å². The van der Waals surface area contributed by atoms with Gasteiger partial charge in [-0.3, -0.25) is 4.79 Å². The Kier molecular flexibility index (Phi) is 5.72. The molecule has 160 valence electrons. The first-order chi connectivity index (χ1) is 14.0. The van der Waals surface area contributed by atoms with Crippen LogP contribution in [0.1, 0.15) is 24.1 Å². The fourth-order valence-corrected chi connectivity index (χ4v) is 3.90. The second-order valence-corrected chi connectivity index (χ2v) is 7.43. The summed E-state index contributed by atoms with van der Waals surface area (Å²) >= 11 is 0. The van der Waals surface area contributed by atoms with Crippen LogP contribution in [0.5, 0.6) is 0 Å². The maximum absolute atomic E-state index is 13.5. The maximum Gasteiger partial charge on any atom is 0.398 e. The highest BCUT2D eigenvalue weighted by molar-refractivity contribution is 6.03. The summed E-state index contributed by atoms with van der Waals surface area (Å²) in [5, 5.41) is 29.2. The molecular weight excluding hydrogens is 401 g/mol. The molecule has 0 radical (unpaired) electrons. The van der Waals surface area contributed by atoms with Crippen molar-refractivity contribution < 1.29 is 23.1 Å². The summed E-state index contributed by atoms with van der Waals surface area (Å²) < 4.78 is 40.6. The number of aryl methyl sites for hydroxylation is 1. The van der Waals surface area contributed by atoms with Gasteiger partial charge in [0.25, 0.3) is 5.91 Å². The van der Waals surface area contributed by atoms with Gasteiger partial charge in [-0.25, -0.2) is 4.98 Å². The van der Waals surface area contributed by atoms with Crippen LogP contribution in [0.4, 0.5) is 18.9 Å². The van der Waals surface area contributed by atoms with Gasteiger partial charge in [-0.1, -0.05) is 0 Å². The zero-order valence-electron chi connectivity index (χ0n) is 16.1. The molecule has 0 unspecified atom stereocenters. The maximum atomic E-state index is 13.5. The summed E-state index contributed by atoms with van der Waals surface area (Å²) in [6.07, 6.45) is -4.91. The summed E-state index contributed by atoms with van der Waals surface area (Å²) in [7, 11) is 0. The molecule has 3 heterocycles. The van der Waals surface area contributed by atoms with Gasteiger partial charge in [-0.15, -0.1) is 0 Å². The van der Waals surface area contributed by atoms with E-state index in [1.165, 1.54) is 0 Å². The number of carbonyl (C=O) groups excluding carboxylic acids is 1. The van der Waals surface area contributed by atoms with Gasteiger partial charge in [-0.05, 0) is 31.4 Å². The number of nitrogens with one attached hydrogen (secondary N) is 2. The lowest BCUT2D eigenvalue weighted by molar-refractivity contribution is -0.192. The first-order valence-corrected chi connectivity index (χ1v) is 9.30. The first kappa shape index (κ1) is 21.6. The van der Waals surface area contributed by atoms with Crippen LogP contribution in [0, 0.1) is 35.5 Å². The van der Waals surface area contributed by atoms with Gasteiger partial charge in [0.1, 0.15) is 29.6 Å². The Morgan fingerprint density at radius 3 is 2.60 bits per heavy atom. The number of nitrogens with two attached hydrogens (primary N) is 1. The van der Waals surface area contributed by atoms with Gasteiger partial charge in [0, 0.05) is 30.3 Å². The number of piperidine rings is 1. The van der Waals surface area contributed by atoms with Gasteiger partial charge in [-0.2, -0.15) is 18.4 Å². The molecule has 1 saturated heterocycles. The molecule has 5 N–H and O–H groups in total. The SMILES string of the molecule is Cc1cc(N2CCC(C(=N)C3=C(N)NC(=O)[C@H](O)[C@@H]3C(F)(F)F)CC2)cnc1C#N. The number of hydrogen-bond donors (Lipinski definition) is 4. The van der Waals surface area contributed by atoms with Crippen molar-refractivity contribution in [2.24, 2.45) is 17.6 Å². The number of carbonyl (C=O) groups is 1. The molecule has 0 spiro atoms. The van der Waals surface area contributed by atoms with Gasteiger partial charge in [0.15, 0.2) is 0 Å². The van der Waals surface area contributed by atoms with Crippen molar-refractivity contribution >= 4 is 17.3 Å². The Balaban J connectivity index is 1.77. The van der Waals surface area contributed by atoms with E-state index in [-0.39, 0.29) is 5.71 Å². The third kappa shape index (κ3) is 3.95. The molecule has 1 aromatic rings. The quantitative estimate of drug-likeness (QED) is 0.542. The molecule has 0 saturated carbocycles. The molecule has 0 aliphatic carbocycles. The number of aliphatic hydroxyl groups excluding tert-OH is 1. The molecular formula is C19H21F3N6O2. The van der Waals surface area contributed by atoms with E-state index in [2.05, 4.69) is 4.98 Å². The molecule has 3 rings (SSSR count). The van der Waals surface area contributed by atoms with Crippen molar-refractivity contribution in [1.82, 2.24) is 10.3 Å². The summed E-state index contributed by atoms with van der Waals surface area (Å²) in [5.41, 5.74) is 6.60. The van der Waals surface area contributed by atoms with E-state index in [0.717, 1.165) is 11.3 Å². The molecule has 0 bridgehead atoms. The van der Waals surface area contributed by atoms with Crippen LogP contribution in [0.2, 0.25) is 0 Å². The molecule has 2 aliphatic rings. The largest absolute Gasteiger partial charge is 0.398 e. The number of alkyl halides is 3. The third-order valence-electron chi connectivity index (χ3n) is 5.52. The van der Waals surface area contributed by atoms with Crippen molar-refractivity contribution in [2.45, 2.75) is 32.0 Å². The highest BCUT2D eigenvalue weighted by Gasteiger charge is 2.53. The van der Waals surface area contributed by atoms with Crippen molar-refractivity contribution in [3.63, 3.8) is 0 Å². The molecule has 2 atom stereocenters. The van der Waals surface area contributed by atoms with Crippen molar-refractivity contribution in [3.05, 3.63) is 34.9 Å². The van der Waals surface area contributed by atoms with Crippen molar-refractivity contribution in [2.75, 3.05) is 18.0 Å². The number of anilines is 1. The minimum absolute atomic E-state index is 0.317. The fraction of sp³-hybridized carbons (Fsp3) is 0.474. The number of pyridine rings is 1. The standard InChI is InChI=1S/C19H21F3N6O2/c1-9-6-11(8-26-12(9)7-23)28-4-2-10(3-5-28)15(24)13-14(19(20,21)22)16(29)18(30)27-17(13)25/h6,8,10,14,16,24,29H,2-5,25H2,1H3,(H,27,30)/t14-,16-/m1/s1. The number of nitrogens with zero attached hydrogens (tertiary/aromatic N) is 3. The molecule has 2 aliphatic heterocycles. The number of nitriles is 1. The first-order valence-electron chi connectivity index (χ1n) is 9.30. The predicted octanol–water partition coefficient (Wildman–Crippen LogP) is 1.34. The van der Waals surface area contributed by atoms with E-state index in [9.17, 15) is 23.1 Å². The van der Waals surface area contributed by atoms with Gasteiger partial charge < -0.3 is 26.5 Å². The summed E-state index contributed by atoms with van der Waals surface area (Å²) in [4.78, 5) is 17.7. The lowest BCUT2D eigenvalue weighted by Crippen LogP contribution is -2.54. The second kappa shape index (κ2) is 7.95. The van der Waals surface area contributed by atoms with Crippen LogP contribution in [-0.4, -0.2) is 47.1 Å². The van der Waals surface area contributed by atoms with E-state index < -0.39 is 41.4 Å². The van der Waals surface area contributed by atoms with E-state index in [1.807, 2.05) is 22.4 Å². The number of rotatable bonds is 3. The summed E-state index contributed by atoms with van der Waals surface area (Å²) in [5.74, 6) is -4.80. The topological polar surface area (TPSA) is 139 Å². The van der Waals surface area contributed by atoms with E-state index >= 15 is 0 Å². The molecule has 8 nitrogen and oxygen atoms in total. The minimum atomic E-state index is -4.92. The molecule has 11 heteroatoms. The van der Waals surface area contributed by atoms with Gasteiger partial charge >= 0.3 is 6.18 Å². The van der Waals surface area contributed by atoms with E-state index in [0.29, 0.717) is 31.6 Å². The van der Waals surface area contributed by atoms with Crippen LogP contribution in [0.3, 0.4) is 0 Å². The normalized spacial score (nSPS) is 23.2. The van der Waals surface area contributed by atoms with Crippen molar-refractivity contribution in [3.8, 4) is 6.07 Å². The molecule has 1 amide bonds. The highest BCUT2D eigenvalue weighted by Crippen LogP contribution is 2.40. The van der Waals surface area contributed by atoms with Gasteiger partial charge in [0.05, 0.1) is 11.9 Å². The van der Waals surface area contributed by atoms with Crippen LogP contribution >= 0.6 is 0 Å². The van der Waals surface area contributed by atoms with Gasteiger partial charge in [0.2, 0.25) is 0 Å². The summed E-state index contributed by atoms with van der Waals surface area (Å²) in [6, 6.07) is 3.82. The highest BCUT2D eigenvalue weighted by atomic mass is 19.4. The lowest BCUT2D eigenvalue weighted by Gasteiger charge is -2.37. The Labute approximate surface area is 170 Å². The zero-order chi connectivity index (χ0) is 22.2. The number of hydrogen-bond acceptors (Lipinski definition) is 7. The molecule has 30 heavy (non-hydrogen) atoms. The Bertz CT molecular complexity index is 945. The van der Waals surface area contributed by atoms with Crippen LogP contribution in [-0.2, 0) is 4.79 Å². The number of aliphatic hydroxyl groups is 1. The molecule has 1 aromatic heterocycles. The lowest BCUT2D eigenvalue weighted by atomic mass is 9.79. The number of amides is 1. The van der Waals surface area contributed by atoms with E-state index in [1.54, 1.807) is 13.1 Å². The fourth-order valence-electron chi connectivity index (χ4n) is 3.90. The average Bonchev–Trinajstić information content (AvgIpc) is 2.69. The number of aromatic nitrogens is 1. The predicted molar refractivity (Wildman–Crippen MR) is 101 cm³/mol. The van der Waals surface area contributed by atoms with E-state index in [4.69, 9.17) is 16.4 Å². The second-order valence-electron chi connectivity index (χ2n) is 7.43.